The summed E-state index contributed by atoms with van der Waals surface area (Å²) >= 11 is 0. The number of hydrogen-bond acceptors (Lipinski definition) is 10. The summed E-state index contributed by atoms with van der Waals surface area (Å²) in [5.74, 6) is -0.762. The van der Waals surface area contributed by atoms with Crippen molar-refractivity contribution in [2.45, 2.75) is 24.6 Å². The number of aliphatic hydroxyl groups excluding tert-OH is 3. The fraction of sp³-hybridized carbons (Fsp3) is 0.286. The zero-order chi connectivity index (χ0) is 22.3. The highest BCUT2D eigenvalue weighted by atomic mass is 16.7. The van der Waals surface area contributed by atoms with E-state index < -0.39 is 41.5 Å². The standard InChI is InChI=1S/C21H20O10/c1-28-11-4-2-9(3-5-11)19-20(31-21-18(27)16(25)13(24)8-29-21)17(26)15-12(23)6-10(22)7-14(15)30-19/h2-7,13,16,18,21-25,27H,8H2,1H3/t13-,16-,18-,21+/m0/s1. The van der Waals surface area contributed by atoms with Gasteiger partial charge in [0.25, 0.3) is 0 Å². The zero-order valence-corrected chi connectivity index (χ0v) is 16.3. The van der Waals surface area contributed by atoms with E-state index in [0.717, 1.165) is 6.07 Å². The SMILES string of the molecule is COc1ccc(-c2oc3cc(O)cc(O)c3c(=O)c2O[C@H]2OC[C@H](O)[C@H](O)[C@@H]2O)cc1. The Kier molecular flexibility index (Phi) is 5.46. The molecule has 3 aromatic rings. The summed E-state index contributed by atoms with van der Waals surface area (Å²) in [5, 5.41) is 49.4. The van der Waals surface area contributed by atoms with Crippen LogP contribution in [0.3, 0.4) is 0 Å². The molecule has 10 heteroatoms. The molecular formula is C21H20O10. The van der Waals surface area contributed by atoms with Gasteiger partial charge in [-0.3, -0.25) is 4.79 Å². The van der Waals surface area contributed by atoms with E-state index in [0.29, 0.717) is 11.3 Å². The first kappa shape index (κ1) is 20.9. The fourth-order valence-electron chi connectivity index (χ4n) is 3.31. The lowest BCUT2D eigenvalue weighted by molar-refractivity contribution is -0.242. The fourth-order valence-corrected chi connectivity index (χ4v) is 3.31. The highest BCUT2D eigenvalue weighted by molar-refractivity contribution is 5.88. The van der Waals surface area contributed by atoms with Crippen LogP contribution in [-0.4, -0.2) is 63.9 Å². The molecule has 2 heterocycles. The van der Waals surface area contributed by atoms with Crippen LogP contribution < -0.4 is 14.9 Å². The van der Waals surface area contributed by atoms with E-state index in [-0.39, 0.29) is 29.1 Å². The first-order valence-corrected chi connectivity index (χ1v) is 9.30. The van der Waals surface area contributed by atoms with E-state index in [4.69, 9.17) is 18.6 Å². The van der Waals surface area contributed by atoms with Crippen LogP contribution >= 0.6 is 0 Å². The van der Waals surface area contributed by atoms with Crippen LogP contribution in [0.1, 0.15) is 0 Å². The smallest absolute Gasteiger partial charge is 0.239 e. The summed E-state index contributed by atoms with van der Waals surface area (Å²) < 4.78 is 21.7. The second kappa shape index (κ2) is 8.08. The second-order valence-electron chi connectivity index (χ2n) is 7.02. The van der Waals surface area contributed by atoms with E-state index in [1.165, 1.54) is 13.2 Å². The average molecular weight is 432 g/mol. The number of phenols is 2. The number of rotatable bonds is 4. The Hall–Kier alpha value is -3.31. The van der Waals surface area contributed by atoms with E-state index in [2.05, 4.69) is 0 Å². The Morgan fingerprint density at radius 2 is 1.74 bits per heavy atom. The van der Waals surface area contributed by atoms with Crippen molar-refractivity contribution >= 4 is 11.0 Å². The normalized spacial score (nSPS) is 23.6. The van der Waals surface area contributed by atoms with Gasteiger partial charge < -0.3 is 44.2 Å². The minimum atomic E-state index is -1.66. The van der Waals surface area contributed by atoms with Gasteiger partial charge in [-0.25, -0.2) is 0 Å². The lowest BCUT2D eigenvalue weighted by Crippen LogP contribution is -2.55. The van der Waals surface area contributed by atoms with Crippen LogP contribution in [-0.2, 0) is 4.74 Å². The van der Waals surface area contributed by atoms with Gasteiger partial charge in [0.15, 0.2) is 5.76 Å². The summed E-state index contributed by atoms with van der Waals surface area (Å²) in [6, 6.07) is 8.57. The summed E-state index contributed by atoms with van der Waals surface area (Å²) in [5.41, 5.74) is -0.495. The monoisotopic (exact) mass is 432 g/mol. The third kappa shape index (κ3) is 3.77. The summed E-state index contributed by atoms with van der Waals surface area (Å²) in [4.78, 5) is 13.2. The minimum absolute atomic E-state index is 0.0680. The molecule has 1 aliphatic rings. The third-order valence-electron chi connectivity index (χ3n) is 4.96. The Bertz CT molecular complexity index is 1150. The van der Waals surface area contributed by atoms with E-state index in [1.807, 2.05) is 0 Å². The van der Waals surface area contributed by atoms with Gasteiger partial charge in [-0.05, 0) is 24.3 Å². The van der Waals surface area contributed by atoms with Crippen molar-refractivity contribution in [2.75, 3.05) is 13.7 Å². The van der Waals surface area contributed by atoms with Crippen molar-refractivity contribution in [3.63, 3.8) is 0 Å². The molecule has 1 saturated heterocycles. The quantitative estimate of drug-likeness (QED) is 0.397. The predicted molar refractivity (Wildman–Crippen MR) is 106 cm³/mol. The number of methoxy groups -OCH3 is 1. The van der Waals surface area contributed by atoms with Crippen molar-refractivity contribution < 1.29 is 44.2 Å². The molecule has 4 atom stereocenters. The van der Waals surface area contributed by atoms with Gasteiger partial charge in [-0.15, -0.1) is 0 Å². The van der Waals surface area contributed by atoms with Gasteiger partial charge in [0.1, 0.15) is 46.5 Å². The van der Waals surface area contributed by atoms with E-state index in [9.17, 15) is 30.3 Å². The number of hydrogen-bond donors (Lipinski definition) is 5. The molecule has 0 amide bonds. The van der Waals surface area contributed by atoms with Crippen molar-refractivity contribution in [3.05, 3.63) is 46.6 Å². The van der Waals surface area contributed by atoms with Gasteiger partial charge >= 0.3 is 0 Å². The van der Waals surface area contributed by atoms with Crippen LogP contribution in [0.5, 0.6) is 23.0 Å². The van der Waals surface area contributed by atoms with Crippen LogP contribution in [0.25, 0.3) is 22.3 Å². The Morgan fingerprint density at radius 3 is 2.42 bits per heavy atom. The largest absolute Gasteiger partial charge is 0.508 e. The molecule has 0 radical (unpaired) electrons. The Labute approximate surface area is 175 Å². The van der Waals surface area contributed by atoms with Crippen LogP contribution in [0, 0.1) is 0 Å². The average Bonchev–Trinajstić information content (AvgIpc) is 2.75. The highest BCUT2D eigenvalue weighted by Crippen LogP contribution is 2.37. The maximum absolute atomic E-state index is 13.2. The zero-order valence-electron chi connectivity index (χ0n) is 16.3. The summed E-state index contributed by atoms with van der Waals surface area (Å²) in [7, 11) is 1.49. The summed E-state index contributed by atoms with van der Waals surface area (Å²) in [6.45, 7) is -0.335. The van der Waals surface area contributed by atoms with Gasteiger partial charge in [-0.2, -0.15) is 0 Å². The number of fused-ring (bicyclic) bond motifs is 1. The van der Waals surface area contributed by atoms with Crippen LogP contribution in [0.4, 0.5) is 0 Å². The molecule has 0 saturated carbocycles. The van der Waals surface area contributed by atoms with Gasteiger partial charge in [0.05, 0.1) is 13.7 Å². The number of phenolic OH excluding ortho intramolecular Hbond substituents is 2. The van der Waals surface area contributed by atoms with Crippen LogP contribution in [0.2, 0.25) is 0 Å². The first-order valence-electron chi connectivity index (χ1n) is 9.30. The Balaban J connectivity index is 1.88. The predicted octanol–water partition coefficient (Wildman–Crippen LogP) is 0.698. The lowest BCUT2D eigenvalue weighted by Gasteiger charge is -2.34. The molecule has 0 bridgehead atoms. The molecule has 2 aromatic carbocycles. The third-order valence-corrected chi connectivity index (χ3v) is 4.96. The van der Waals surface area contributed by atoms with Crippen molar-refractivity contribution in [1.29, 1.82) is 0 Å². The Morgan fingerprint density at radius 1 is 1.03 bits per heavy atom. The van der Waals surface area contributed by atoms with Gasteiger partial charge in [0, 0.05) is 17.7 Å². The van der Waals surface area contributed by atoms with Crippen molar-refractivity contribution in [3.8, 4) is 34.3 Å². The molecule has 1 aromatic heterocycles. The second-order valence-corrected chi connectivity index (χ2v) is 7.02. The number of ether oxygens (including phenoxy) is 3. The van der Waals surface area contributed by atoms with Gasteiger partial charge in [0.2, 0.25) is 17.5 Å². The van der Waals surface area contributed by atoms with Crippen LogP contribution in [0.15, 0.2) is 45.6 Å². The number of aliphatic hydroxyl groups is 3. The molecule has 5 N–H and O–H groups in total. The number of benzene rings is 2. The molecular weight excluding hydrogens is 412 g/mol. The maximum Gasteiger partial charge on any atom is 0.239 e. The topological polar surface area (TPSA) is 159 Å². The molecule has 164 valence electrons. The molecule has 10 nitrogen and oxygen atoms in total. The van der Waals surface area contributed by atoms with Crippen molar-refractivity contribution in [2.24, 2.45) is 0 Å². The number of aromatic hydroxyl groups is 2. The molecule has 0 spiro atoms. The van der Waals surface area contributed by atoms with E-state index in [1.54, 1.807) is 24.3 Å². The van der Waals surface area contributed by atoms with Gasteiger partial charge in [-0.1, -0.05) is 0 Å². The molecule has 1 fully saturated rings. The molecule has 0 unspecified atom stereocenters. The summed E-state index contributed by atoms with van der Waals surface area (Å²) in [6.07, 6.45) is -6.03. The molecule has 4 rings (SSSR count). The highest BCUT2D eigenvalue weighted by Gasteiger charge is 2.40. The van der Waals surface area contributed by atoms with Crippen molar-refractivity contribution in [1.82, 2.24) is 0 Å². The van der Waals surface area contributed by atoms with E-state index >= 15 is 0 Å². The lowest BCUT2D eigenvalue weighted by atomic mass is 10.1. The first-order chi connectivity index (χ1) is 14.8. The minimum Gasteiger partial charge on any atom is -0.508 e. The maximum atomic E-state index is 13.2. The molecule has 1 aliphatic heterocycles. The molecule has 0 aliphatic carbocycles. The molecule has 31 heavy (non-hydrogen) atoms.